The van der Waals surface area contributed by atoms with Crippen LogP contribution in [0.1, 0.15) is 40.0 Å². The van der Waals surface area contributed by atoms with Gasteiger partial charge in [-0.3, -0.25) is 4.79 Å². The van der Waals surface area contributed by atoms with Gasteiger partial charge >= 0.3 is 5.97 Å². The van der Waals surface area contributed by atoms with Crippen LogP contribution in [0.15, 0.2) is 12.2 Å². The van der Waals surface area contributed by atoms with Crippen LogP contribution >= 0.6 is 0 Å². The summed E-state index contributed by atoms with van der Waals surface area (Å²) >= 11 is 0. The molecule has 14 heavy (non-hydrogen) atoms. The maximum absolute atomic E-state index is 11.2. The molecule has 0 aromatic carbocycles. The van der Waals surface area contributed by atoms with E-state index in [1.165, 1.54) is 0 Å². The van der Waals surface area contributed by atoms with E-state index in [1.54, 1.807) is 6.92 Å². The lowest BCUT2D eigenvalue weighted by Crippen LogP contribution is -2.17. The maximum atomic E-state index is 11.2. The van der Waals surface area contributed by atoms with Gasteiger partial charge in [0.25, 0.3) is 0 Å². The van der Waals surface area contributed by atoms with Crippen molar-refractivity contribution < 1.29 is 14.3 Å². The van der Waals surface area contributed by atoms with Crippen molar-refractivity contribution in [2.45, 2.75) is 46.3 Å². The Kier molecular flexibility index (Phi) is 8.24. The van der Waals surface area contributed by atoms with Gasteiger partial charge in [0.1, 0.15) is 0 Å². The maximum Gasteiger partial charge on any atom is 0.308 e. The zero-order chi connectivity index (χ0) is 10.8. The molecule has 3 heteroatoms. The summed E-state index contributed by atoms with van der Waals surface area (Å²) in [4.78, 5) is 11.2. The van der Waals surface area contributed by atoms with E-state index in [0.29, 0.717) is 13.0 Å². The van der Waals surface area contributed by atoms with Crippen LogP contribution in [0.3, 0.4) is 0 Å². The largest absolute Gasteiger partial charge is 0.436 e. The molecule has 3 nitrogen and oxygen atoms in total. The fourth-order valence-electron chi connectivity index (χ4n) is 1.04. The van der Waals surface area contributed by atoms with Crippen LogP contribution in [0.4, 0.5) is 0 Å². The topological polar surface area (TPSA) is 35.5 Å². The first-order valence-electron chi connectivity index (χ1n) is 5.13. The third-order valence-electron chi connectivity index (χ3n) is 1.69. The zero-order valence-electron chi connectivity index (χ0n) is 9.29. The molecular weight excluding hydrogens is 180 g/mol. The van der Waals surface area contributed by atoms with Gasteiger partial charge in [-0.25, -0.2) is 0 Å². The highest BCUT2D eigenvalue weighted by Crippen LogP contribution is 2.02. The van der Waals surface area contributed by atoms with E-state index >= 15 is 0 Å². The first-order chi connectivity index (χ1) is 6.70. The van der Waals surface area contributed by atoms with E-state index in [9.17, 15) is 4.79 Å². The molecule has 0 aliphatic carbocycles. The number of hydrogen-bond acceptors (Lipinski definition) is 3. The van der Waals surface area contributed by atoms with Crippen LogP contribution in [0, 0.1) is 0 Å². The predicted molar refractivity (Wildman–Crippen MR) is 55.8 cm³/mol. The molecule has 0 spiro atoms. The second-order valence-electron chi connectivity index (χ2n) is 2.97. The van der Waals surface area contributed by atoms with E-state index in [0.717, 1.165) is 12.8 Å². The summed E-state index contributed by atoms with van der Waals surface area (Å²) < 4.78 is 10.1. The summed E-state index contributed by atoms with van der Waals surface area (Å²) in [7, 11) is 0. The van der Waals surface area contributed by atoms with Crippen molar-refractivity contribution in [2.75, 3.05) is 6.61 Å². The van der Waals surface area contributed by atoms with Gasteiger partial charge in [0.2, 0.25) is 0 Å². The fourth-order valence-corrected chi connectivity index (χ4v) is 1.04. The Bertz CT molecular complexity index is 175. The van der Waals surface area contributed by atoms with Crippen molar-refractivity contribution >= 4 is 5.97 Å². The van der Waals surface area contributed by atoms with Crippen molar-refractivity contribution in [2.24, 2.45) is 0 Å². The Morgan fingerprint density at radius 2 is 2.21 bits per heavy atom. The van der Waals surface area contributed by atoms with Gasteiger partial charge in [0, 0.05) is 13.0 Å². The fraction of sp³-hybridized carbons (Fsp3) is 0.727. The van der Waals surface area contributed by atoms with E-state index in [1.807, 2.05) is 26.0 Å². The number of ether oxygens (including phenoxy) is 2. The summed E-state index contributed by atoms with van der Waals surface area (Å²) in [6, 6.07) is 0. The van der Waals surface area contributed by atoms with E-state index in [-0.39, 0.29) is 5.97 Å². The molecule has 0 aliphatic heterocycles. The van der Waals surface area contributed by atoms with Gasteiger partial charge in [-0.1, -0.05) is 12.2 Å². The van der Waals surface area contributed by atoms with Crippen molar-refractivity contribution in [3.8, 4) is 0 Å². The van der Waals surface area contributed by atoms with E-state index in [2.05, 4.69) is 0 Å². The lowest BCUT2D eigenvalue weighted by Gasteiger charge is -2.12. The van der Waals surface area contributed by atoms with Gasteiger partial charge in [0.05, 0.1) is 0 Å². The average Bonchev–Trinajstić information content (AvgIpc) is 2.13. The molecule has 0 saturated heterocycles. The number of unbranched alkanes of at least 4 members (excludes halogenated alkanes) is 1. The molecule has 0 bridgehead atoms. The number of hydrogen-bond donors (Lipinski definition) is 0. The molecule has 0 N–H and O–H groups in total. The molecule has 0 saturated carbocycles. The third kappa shape index (κ3) is 7.80. The van der Waals surface area contributed by atoms with E-state index in [4.69, 9.17) is 9.47 Å². The van der Waals surface area contributed by atoms with Crippen molar-refractivity contribution in [1.29, 1.82) is 0 Å². The lowest BCUT2D eigenvalue weighted by atomic mass is 10.2. The molecule has 0 aromatic heterocycles. The SMILES string of the molecule is C/C=C\CCCC(=O)OC(C)OCC. The minimum atomic E-state index is -0.422. The van der Waals surface area contributed by atoms with Crippen molar-refractivity contribution in [3.63, 3.8) is 0 Å². The monoisotopic (exact) mass is 200 g/mol. The molecule has 0 heterocycles. The molecule has 0 amide bonds. The smallest absolute Gasteiger partial charge is 0.308 e. The Hall–Kier alpha value is -0.830. The van der Waals surface area contributed by atoms with Crippen LogP contribution in [0.2, 0.25) is 0 Å². The van der Waals surface area contributed by atoms with Gasteiger partial charge in [-0.05, 0) is 33.6 Å². The number of carbonyl (C=O) groups is 1. The summed E-state index contributed by atoms with van der Waals surface area (Å²) in [5.74, 6) is -0.185. The summed E-state index contributed by atoms with van der Waals surface area (Å²) in [5, 5.41) is 0. The first-order valence-corrected chi connectivity index (χ1v) is 5.13. The highest BCUT2D eigenvalue weighted by molar-refractivity contribution is 5.69. The molecule has 82 valence electrons. The van der Waals surface area contributed by atoms with Gasteiger partial charge in [-0.15, -0.1) is 0 Å². The van der Waals surface area contributed by atoms with Gasteiger partial charge < -0.3 is 9.47 Å². The quantitative estimate of drug-likeness (QED) is 0.274. The number of allylic oxidation sites excluding steroid dienone is 2. The Balaban J connectivity index is 3.45. The summed E-state index contributed by atoms with van der Waals surface area (Å²) in [6.07, 6.45) is 5.82. The van der Waals surface area contributed by atoms with Crippen LogP contribution < -0.4 is 0 Å². The van der Waals surface area contributed by atoms with Crippen molar-refractivity contribution in [1.82, 2.24) is 0 Å². The van der Waals surface area contributed by atoms with Crippen LogP contribution in [0.25, 0.3) is 0 Å². The Morgan fingerprint density at radius 1 is 1.50 bits per heavy atom. The number of rotatable bonds is 7. The van der Waals surface area contributed by atoms with Gasteiger partial charge in [-0.2, -0.15) is 0 Å². The molecule has 1 atom stereocenters. The van der Waals surface area contributed by atoms with Crippen LogP contribution in [-0.4, -0.2) is 18.9 Å². The zero-order valence-corrected chi connectivity index (χ0v) is 9.29. The minimum Gasteiger partial charge on any atom is -0.436 e. The molecule has 0 radical (unpaired) electrons. The number of esters is 1. The van der Waals surface area contributed by atoms with Crippen LogP contribution in [-0.2, 0) is 14.3 Å². The summed E-state index contributed by atoms with van der Waals surface area (Å²) in [6.45, 7) is 6.13. The minimum absolute atomic E-state index is 0.185. The molecule has 0 fully saturated rings. The highest BCUT2D eigenvalue weighted by atomic mass is 16.7. The highest BCUT2D eigenvalue weighted by Gasteiger charge is 2.07. The van der Waals surface area contributed by atoms with Crippen molar-refractivity contribution in [3.05, 3.63) is 12.2 Å². The van der Waals surface area contributed by atoms with Gasteiger partial charge in [0.15, 0.2) is 6.29 Å². The van der Waals surface area contributed by atoms with Crippen LogP contribution in [0.5, 0.6) is 0 Å². The Labute approximate surface area is 86.1 Å². The van der Waals surface area contributed by atoms with E-state index < -0.39 is 6.29 Å². The molecule has 0 aromatic rings. The standard InChI is InChI=1S/C11H20O3/c1-4-6-7-8-9-11(12)14-10(3)13-5-2/h4,6,10H,5,7-9H2,1-3H3/b6-4-. The predicted octanol–water partition coefficient (Wildman–Crippen LogP) is 2.66. The molecule has 1 unspecified atom stereocenters. The lowest BCUT2D eigenvalue weighted by molar-refractivity contribution is -0.173. The summed E-state index contributed by atoms with van der Waals surface area (Å²) in [5.41, 5.74) is 0. The molecule has 0 aliphatic rings. The normalized spacial score (nSPS) is 13.1. The first kappa shape index (κ1) is 13.2. The average molecular weight is 200 g/mol. The Morgan fingerprint density at radius 3 is 2.79 bits per heavy atom. The molecular formula is C11H20O3. The third-order valence-corrected chi connectivity index (χ3v) is 1.69. The number of carbonyl (C=O) groups excluding carboxylic acids is 1. The molecule has 0 rings (SSSR count). The second kappa shape index (κ2) is 8.75. The second-order valence-corrected chi connectivity index (χ2v) is 2.97.